The molecule has 1 aromatic heterocycles. The van der Waals surface area contributed by atoms with Crippen LogP contribution in [0.2, 0.25) is 0 Å². The minimum absolute atomic E-state index is 0.141. The lowest BCUT2D eigenvalue weighted by atomic mass is 10.2. The number of anilines is 1. The van der Waals surface area contributed by atoms with Crippen molar-refractivity contribution < 1.29 is 4.79 Å². The third kappa shape index (κ3) is 3.60. The summed E-state index contributed by atoms with van der Waals surface area (Å²) in [5.74, 6) is 1.76. The number of hydrogen-bond acceptors (Lipinski definition) is 5. The van der Waals surface area contributed by atoms with Gasteiger partial charge in [0.1, 0.15) is 5.82 Å². The molecule has 6 heteroatoms. The number of thioether (sulfide) groups is 1. The smallest absolute Gasteiger partial charge is 0.271 e. The number of carbonyl (C=O) groups excluding carboxylic acids is 1. The Morgan fingerprint density at radius 1 is 1.50 bits per heavy atom. The van der Waals surface area contributed by atoms with E-state index < -0.39 is 0 Å². The van der Waals surface area contributed by atoms with Crippen LogP contribution in [0, 0.1) is 0 Å². The van der Waals surface area contributed by atoms with Gasteiger partial charge in [-0.1, -0.05) is 0 Å². The Morgan fingerprint density at radius 2 is 2.39 bits per heavy atom. The van der Waals surface area contributed by atoms with Crippen LogP contribution < -0.4 is 10.6 Å². The third-order valence-corrected chi connectivity index (χ3v) is 4.17. The van der Waals surface area contributed by atoms with E-state index in [4.69, 9.17) is 0 Å². The van der Waals surface area contributed by atoms with Crippen LogP contribution in [0.25, 0.3) is 0 Å². The molecule has 0 aromatic carbocycles. The fourth-order valence-electron chi connectivity index (χ4n) is 1.83. The lowest BCUT2D eigenvalue weighted by molar-refractivity contribution is 0.0947. The maximum Gasteiger partial charge on any atom is 0.271 e. The number of rotatable bonds is 5. The van der Waals surface area contributed by atoms with E-state index in [1.807, 2.05) is 18.7 Å². The molecule has 98 valence electrons. The van der Waals surface area contributed by atoms with Gasteiger partial charge in [-0.2, -0.15) is 11.8 Å². The molecule has 2 rings (SSSR count). The summed E-state index contributed by atoms with van der Waals surface area (Å²) in [7, 11) is 0. The van der Waals surface area contributed by atoms with Gasteiger partial charge in [-0.05, 0) is 37.7 Å². The molecular weight excluding hydrogens is 248 g/mol. The van der Waals surface area contributed by atoms with Crippen LogP contribution in [-0.2, 0) is 0 Å². The van der Waals surface area contributed by atoms with E-state index in [0.29, 0.717) is 16.8 Å². The zero-order valence-corrected chi connectivity index (χ0v) is 11.3. The van der Waals surface area contributed by atoms with E-state index in [1.54, 1.807) is 12.1 Å². The Hall–Kier alpha value is -1.30. The largest absolute Gasteiger partial charge is 0.369 e. The van der Waals surface area contributed by atoms with Crippen LogP contribution in [0.15, 0.2) is 12.1 Å². The van der Waals surface area contributed by atoms with E-state index in [9.17, 15) is 4.79 Å². The molecule has 1 fully saturated rings. The van der Waals surface area contributed by atoms with E-state index in [-0.39, 0.29) is 5.91 Å². The topological polar surface area (TPSA) is 66.9 Å². The number of carbonyl (C=O) groups is 1. The molecule has 1 aliphatic heterocycles. The fourth-order valence-corrected chi connectivity index (χ4v) is 3.03. The van der Waals surface area contributed by atoms with E-state index in [0.717, 1.165) is 13.1 Å². The van der Waals surface area contributed by atoms with Crippen molar-refractivity contribution in [1.29, 1.82) is 0 Å². The SMILES string of the molecule is CCNc1ccc(C(=O)NCC2CCCS2)nn1. The molecule has 0 aliphatic carbocycles. The van der Waals surface area contributed by atoms with Gasteiger partial charge in [-0.25, -0.2) is 0 Å². The van der Waals surface area contributed by atoms with Gasteiger partial charge in [0.25, 0.3) is 5.91 Å². The first-order valence-electron chi connectivity index (χ1n) is 6.27. The Morgan fingerprint density at radius 3 is 3.00 bits per heavy atom. The van der Waals surface area contributed by atoms with Crippen molar-refractivity contribution in [1.82, 2.24) is 15.5 Å². The van der Waals surface area contributed by atoms with Crippen molar-refractivity contribution in [3.05, 3.63) is 17.8 Å². The summed E-state index contributed by atoms with van der Waals surface area (Å²) >= 11 is 1.93. The van der Waals surface area contributed by atoms with E-state index in [2.05, 4.69) is 20.8 Å². The molecule has 0 spiro atoms. The molecule has 1 unspecified atom stereocenters. The van der Waals surface area contributed by atoms with Gasteiger partial charge in [-0.15, -0.1) is 10.2 Å². The normalized spacial score (nSPS) is 18.6. The molecule has 18 heavy (non-hydrogen) atoms. The third-order valence-electron chi connectivity index (χ3n) is 2.77. The standard InChI is InChI=1S/C12H18N4OS/c1-2-13-11-6-5-10(15-16-11)12(17)14-8-9-4-3-7-18-9/h5-6,9H,2-4,7-8H2,1H3,(H,13,16)(H,14,17). The second-order valence-corrected chi connectivity index (χ2v) is 5.59. The first-order valence-corrected chi connectivity index (χ1v) is 7.32. The minimum Gasteiger partial charge on any atom is -0.369 e. The molecule has 2 heterocycles. The highest BCUT2D eigenvalue weighted by molar-refractivity contribution is 8.00. The highest BCUT2D eigenvalue weighted by atomic mass is 32.2. The van der Waals surface area contributed by atoms with E-state index in [1.165, 1.54) is 18.6 Å². The highest BCUT2D eigenvalue weighted by Crippen LogP contribution is 2.25. The number of nitrogens with one attached hydrogen (secondary N) is 2. The van der Waals surface area contributed by atoms with Crippen LogP contribution >= 0.6 is 11.8 Å². The van der Waals surface area contributed by atoms with Crippen LogP contribution in [0.4, 0.5) is 5.82 Å². The molecule has 1 aliphatic rings. The molecule has 1 atom stereocenters. The average Bonchev–Trinajstić information content (AvgIpc) is 2.90. The second kappa shape index (κ2) is 6.58. The molecule has 5 nitrogen and oxygen atoms in total. The molecular formula is C12H18N4OS. The van der Waals surface area contributed by atoms with Crippen LogP contribution in [0.3, 0.4) is 0 Å². The monoisotopic (exact) mass is 266 g/mol. The maximum absolute atomic E-state index is 11.8. The van der Waals surface area contributed by atoms with Crippen molar-refractivity contribution in [2.24, 2.45) is 0 Å². The summed E-state index contributed by atoms with van der Waals surface area (Å²) in [4.78, 5) is 11.8. The van der Waals surface area contributed by atoms with Gasteiger partial charge in [0.15, 0.2) is 5.69 Å². The van der Waals surface area contributed by atoms with Gasteiger partial charge < -0.3 is 10.6 Å². The molecule has 0 radical (unpaired) electrons. The number of aromatic nitrogens is 2. The fraction of sp³-hybridized carbons (Fsp3) is 0.583. The molecule has 0 bridgehead atoms. The predicted octanol–water partition coefficient (Wildman–Crippen LogP) is 1.53. The van der Waals surface area contributed by atoms with Crippen molar-refractivity contribution in [3.8, 4) is 0 Å². The van der Waals surface area contributed by atoms with Crippen LogP contribution in [-0.4, -0.2) is 40.2 Å². The van der Waals surface area contributed by atoms with E-state index >= 15 is 0 Å². The van der Waals surface area contributed by atoms with Gasteiger partial charge in [0.05, 0.1) is 0 Å². The van der Waals surface area contributed by atoms with Gasteiger partial charge in [0.2, 0.25) is 0 Å². The average molecular weight is 266 g/mol. The summed E-state index contributed by atoms with van der Waals surface area (Å²) in [6.45, 7) is 3.50. The summed E-state index contributed by atoms with van der Waals surface area (Å²) in [5, 5.41) is 14.4. The highest BCUT2D eigenvalue weighted by Gasteiger charge is 2.17. The zero-order chi connectivity index (χ0) is 12.8. The summed E-state index contributed by atoms with van der Waals surface area (Å²) in [6.07, 6.45) is 2.44. The van der Waals surface area contributed by atoms with Crippen molar-refractivity contribution in [2.45, 2.75) is 25.0 Å². The van der Waals surface area contributed by atoms with Gasteiger partial charge >= 0.3 is 0 Å². The predicted molar refractivity (Wildman–Crippen MR) is 74.0 cm³/mol. The number of nitrogens with zero attached hydrogens (tertiary/aromatic N) is 2. The Kier molecular flexibility index (Phi) is 4.81. The minimum atomic E-state index is -0.141. The molecule has 0 saturated carbocycles. The Labute approximate surface area is 111 Å². The number of hydrogen-bond donors (Lipinski definition) is 2. The quantitative estimate of drug-likeness (QED) is 0.846. The first kappa shape index (κ1) is 13.1. The van der Waals surface area contributed by atoms with Crippen LogP contribution in [0.5, 0.6) is 0 Å². The van der Waals surface area contributed by atoms with Crippen molar-refractivity contribution in [2.75, 3.05) is 24.2 Å². The maximum atomic E-state index is 11.8. The van der Waals surface area contributed by atoms with Crippen LogP contribution in [0.1, 0.15) is 30.3 Å². The zero-order valence-electron chi connectivity index (χ0n) is 10.5. The number of amides is 1. The van der Waals surface area contributed by atoms with Crippen molar-refractivity contribution >= 4 is 23.5 Å². The summed E-state index contributed by atoms with van der Waals surface area (Å²) in [5.41, 5.74) is 0.375. The molecule has 1 saturated heterocycles. The molecule has 2 N–H and O–H groups in total. The summed E-state index contributed by atoms with van der Waals surface area (Å²) in [6, 6.07) is 3.47. The Bertz CT molecular complexity index is 390. The Balaban J connectivity index is 1.83. The van der Waals surface area contributed by atoms with Crippen molar-refractivity contribution in [3.63, 3.8) is 0 Å². The summed E-state index contributed by atoms with van der Waals surface area (Å²) < 4.78 is 0. The van der Waals surface area contributed by atoms with Gasteiger partial charge in [-0.3, -0.25) is 4.79 Å². The molecule has 1 amide bonds. The van der Waals surface area contributed by atoms with Gasteiger partial charge in [0, 0.05) is 18.3 Å². The first-order chi connectivity index (χ1) is 8.79. The second-order valence-electron chi connectivity index (χ2n) is 4.18. The molecule has 1 aromatic rings. The lowest BCUT2D eigenvalue weighted by Gasteiger charge is -2.09. The lowest BCUT2D eigenvalue weighted by Crippen LogP contribution is -2.30.